The van der Waals surface area contributed by atoms with Gasteiger partial charge in [0.15, 0.2) is 5.82 Å². The number of esters is 1. The monoisotopic (exact) mass is 310 g/mol. The van der Waals surface area contributed by atoms with Crippen molar-refractivity contribution in [3.63, 3.8) is 0 Å². The molecule has 0 amide bonds. The normalized spacial score (nSPS) is 11.8. The van der Waals surface area contributed by atoms with Gasteiger partial charge in [0.1, 0.15) is 11.0 Å². The van der Waals surface area contributed by atoms with Gasteiger partial charge in [0.2, 0.25) is 0 Å². The standard InChI is InChI=1S/C14H22N4O2S/c1-5-9-10(6-2)17-18-13(11(9)12(15)21)16-8(4)14(19)20-7-3/h8H,5-7H2,1-4H3,(H2,15,21)(H,16,18). The number of thiocarbonyl (C=S) groups is 1. The molecule has 0 fully saturated rings. The number of aromatic nitrogens is 2. The minimum Gasteiger partial charge on any atom is -0.464 e. The lowest BCUT2D eigenvalue weighted by Crippen LogP contribution is -2.31. The average Bonchev–Trinajstić information content (AvgIpc) is 2.46. The van der Waals surface area contributed by atoms with E-state index in [0.29, 0.717) is 18.0 Å². The lowest BCUT2D eigenvalue weighted by Gasteiger charge is -2.18. The average molecular weight is 310 g/mol. The number of anilines is 1. The van der Waals surface area contributed by atoms with Crippen molar-refractivity contribution in [1.82, 2.24) is 10.2 Å². The molecule has 1 rings (SSSR count). The molecule has 0 spiro atoms. The Morgan fingerprint density at radius 2 is 2.00 bits per heavy atom. The van der Waals surface area contributed by atoms with Gasteiger partial charge in [-0.3, -0.25) is 0 Å². The van der Waals surface area contributed by atoms with Crippen LogP contribution < -0.4 is 11.1 Å². The van der Waals surface area contributed by atoms with Gasteiger partial charge in [0.05, 0.1) is 17.9 Å². The van der Waals surface area contributed by atoms with Crippen LogP contribution in [-0.2, 0) is 22.4 Å². The van der Waals surface area contributed by atoms with E-state index in [1.807, 2.05) is 13.8 Å². The number of carbonyl (C=O) groups is 1. The van der Waals surface area contributed by atoms with Gasteiger partial charge in [-0.15, -0.1) is 5.10 Å². The summed E-state index contributed by atoms with van der Waals surface area (Å²) in [6.45, 7) is 7.80. The van der Waals surface area contributed by atoms with Crippen LogP contribution in [0.1, 0.15) is 44.5 Å². The third-order valence-corrected chi connectivity index (χ3v) is 3.29. The third-order valence-electron chi connectivity index (χ3n) is 3.09. The second-order valence-electron chi connectivity index (χ2n) is 4.54. The van der Waals surface area contributed by atoms with Crippen molar-refractivity contribution in [2.75, 3.05) is 11.9 Å². The lowest BCUT2D eigenvalue weighted by molar-refractivity contribution is -0.143. The van der Waals surface area contributed by atoms with Gasteiger partial charge in [-0.2, -0.15) is 5.10 Å². The van der Waals surface area contributed by atoms with Crippen LogP contribution in [-0.4, -0.2) is 33.8 Å². The zero-order chi connectivity index (χ0) is 16.0. The topological polar surface area (TPSA) is 90.1 Å². The van der Waals surface area contributed by atoms with Crippen molar-refractivity contribution in [3.8, 4) is 0 Å². The molecule has 7 heteroatoms. The van der Waals surface area contributed by atoms with Crippen molar-refractivity contribution in [2.45, 2.75) is 46.6 Å². The predicted octanol–water partition coefficient (Wildman–Crippen LogP) is 1.60. The first-order valence-corrected chi connectivity index (χ1v) is 7.48. The molecule has 0 radical (unpaired) electrons. The first kappa shape index (κ1) is 17.3. The van der Waals surface area contributed by atoms with E-state index in [1.165, 1.54) is 0 Å². The number of carbonyl (C=O) groups excluding carboxylic acids is 1. The fraction of sp³-hybridized carbons (Fsp3) is 0.571. The molecule has 1 aromatic heterocycles. The summed E-state index contributed by atoms with van der Waals surface area (Å²) in [7, 11) is 0. The summed E-state index contributed by atoms with van der Waals surface area (Å²) in [5.41, 5.74) is 8.34. The second-order valence-corrected chi connectivity index (χ2v) is 4.98. The summed E-state index contributed by atoms with van der Waals surface area (Å²) in [6, 6.07) is -0.551. The Bertz CT molecular complexity index is 534. The highest BCUT2D eigenvalue weighted by atomic mass is 32.1. The molecule has 116 valence electrons. The number of nitrogens with zero attached hydrogens (tertiary/aromatic N) is 2. The Labute approximate surface area is 130 Å². The third kappa shape index (κ3) is 4.10. The highest BCUT2D eigenvalue weighted by Gasteiger charge is 2.21. The van der Waals surface area contributed by atoms with E-state index in [1.54, 1.807) is 13.8 Å². The summed E-state index contributed by atoms with van der Waals surface area (Å²) in [6.07, 6.45) is 1.49. The minimum absolute atomic E-state index is 0.245. The van der Waals surface area contributed by atoms with Crippen LogP contribution in [0.25, 0.3) is 0 Å². The van der Waals surface area contributed by atoms with Crippen LogP contribution in [0, 0.1) is 0 Å². The summed E-state index contributed by atoms with van der Waals surface area (Å²) in [4.78, 5) is 12.0. The number of nitrogens with one attached hydrogen (secondary N) is 1. The Hall–Kier alpha value is -1.76. The number of aryl methyl sites for hydroxylation is 1. The summed E-state index contributed by atoms with van der Waals surface area (Å²) in [5.74, 6) is 0.0721. The van der Waals surface area contributed by atoms with Gasteiger partial charge in [0.25, 0.3) is 0 Å². The summed E-state index contributed by atoms with van der Waals surface area (Å²) >= 11 is 5.13. The summed E-state index contributed by atoms with van der Waals surface area (Å²) in [5, 5.41) is 11.3. The maximum atomic E-state index is 11.7. The van der Waals surface area contributed by atoms with Gasteiger partial charge in [-0.1, -0.05) is 26.1 Å². The van der Waals surface area contributed by atoms with Crippen molar-refractivity contribution in [2.24, 2.45) is 5.73 Å². The fourth-order valence-corrected chi connectivity index (χ4v) is 2.29. The first-order valence-electron chi connectivity index (χ1n) is 7.07. The van der Waals surface area contributed by atoms with Gasteiger partial charge in [-0.25, -0.2) is 4.79 Å². The number of nitrogens with two attached hydrogens (primary N) is 1. The predicted molar refractivity (Wildman–Crippen MR) is 86.4 cm³/mol. The molecule has 21 heavy (non-hydrogen) atoms. The van der Waals surface area contributed by atoms with Crippen LogP contribution in [0.15, 0.2) is 0 Å². The molecule has 0 saturated carbocycles. The molecule has 0 aliphatic carbocycles. The largest absolute Gasteiger partial charge is 0.464 e. The molecule has 0 aliphatic rings. The zero-order valence-corrected chi connectivity index (χ0v) is 13.7. The van der Waals surface area contributed by atoms with E-state index < -0.39 is 6.04 Å². The second kappa shape index (κ2) is 7.87. The zero-order valence-electron chi connectivity index (χ0n) is 12.9. The van der Waals surface area contributed by atoms with Gasteiger partial charge < -0.3 is 15.8 Å². The number of ether oxygens (including phenoxy) is 1. The van der Waals surface area contributed by atoms with Crippen molar-refractivity contribution < 1.29 is 9.53 Å². The highest BCUT2D eigenvalue weighted by molar-refractivity contribution is 7.80. The fourth-order valence-electron chi connectivity index (χ4n) is 2.07. The maximum Gasteiger partial charge on any atom is 0.328 e. The summed E-state index contributed by atoms with van der Waals surface area (Å²) < 4.78 is 4.96. The van der Waals surface area contributed by atoms with Gasteiger partial charge in [0, 0.05) is 0 Å². The number of hydrogen-bond acceptors (Lipinski definition) is 6. The molecule has 0 bridgehead atoms. The van der Waals surface area contributed by atoms with E-state index in [9.17, 15) is 4.79 Å². The quantitative estimate of drug-likeness (QED) is 0.584. The van der Waals surface area contributed by atoms with E-state index in [-0.39, 0.29) is 11.0 Å². The Kier molecular flexibility index (Phi) is 6.48. The Morgan fingerprint density at radius 3 is 2.48 bits per heavy atom. The molecule has 1 unspecified atom stereocenters. The van der Waals surface area contributed by atoms with Crippen LogP contribution in [0.2, 0.25) is 0 Å². The molecule has 0 saturated heterocycles. The Balaban J connectivity index is 3.18. The maximum absolute atomic E-state index is 11.7. The first-order chi connectivity index (χ1) is 9.96. The van der Waals surface area contributed by atoms with E-state index in [2.05, 4.69) is 15.5 Å². The lowest BCUT2D eigenvalue weighted by atomic mass is 10.0. The van der Waals surface area contributed by atoms with E-state index in [0.717, 1.165) is 24.1 Å². The molecular formula is C14H22N4O2S. The molecule has 3 N–H and O–H groups in total. The molecule has 1 heterocycles. The molecule has 0 aliphatic heterocycles. The molecule has 6 nitrogen and oxygen atoms in total. The molecular weight excluding hydrogens is 288 g/mol. The van der Waals surface area contributed by atoms with Crippen LogP contribution in [0.4, 0.5) is 5.82 Å². The smallest absolute Gasteiger partial charge is 0.328 e. The number of rotatable bonds is 7. The van der Waals surface area contributed by atoms with Crippen molar-refractivity contribution in [3.05, 3.63) is 16.8 Å². The van der Waals surface area contributed by atoms with E-state index >= 15 is 0 Å². The Morgan fingerprint density at radius 1 is 1.33 bits per heavy atom. The molecule has 1 aromatic rings. The minimum atomic E-state index is -0.551. The van der Waals surface area contributed by atoms with Gasteiger partial charge >= 0.3 is 5.97 Å². The molecule has 1 atom stereocenters. The van der Waals surface area contributed by atoms with Crippen LogP contribution in [0.3, 0.4) is 0 Å². The van der Waals surface area contributed by atoms with Gasteiger partial charge in [-0.05, 0) is 32.3 Å². The van der Waals surface area contributed by atoms with E-state index in [4.69, 9.17) is 22.7 Å². The molecule has 0 aromatic carbocycles. The number of hydrogen-bond donors (Lipinski definition) is 2. The van der Waals surface area contributed by atoms with Crippen molar-refractivity contribution in [1.29, 1.82) is 0 Å². The highest BCUT2D eigenvalue weighted by Crippen LogP contribution is 2.21. The van der Waals surface area contributed by atoms with Crippen LogP contribution >= 0.6 is 12.2 Å². The SMILES string of the molecule is CCOC(=O)C(C)Nc1nnc(CC)c(CC)c1C(N)=S. The van der Waals surface area contributed by atoms with Crippen molar-refractivity contribution >= 4 is 29.0 Å². The van der Waals surface area contributed by atoms with Crippen LogP contribution in [0.5, 0.6) is 0 Å².